The quantitative estimate of drug-likeness (QED) is 0.396. The van der Waals surface area contributed by atoms with Crippen molar-refractivity contribution in [2.75, 3.05) is 13.6 Å². The van der Waals surface area contributed by atoms with Gasteiger partial charge in [0.05, 0.1) is 6.26 Å². The summed E-state index contributed by atoms with van der Waals surface area (Å²) in [6.45, 7) is 1.09. The van der Waals surface area contributed by atoms with Gasteiger partial charge < -0.3 is 20.2 Å². The van der Waals surface area contributed by atoms with Crippen LogP contribution in [0, 0.1) is 5.82 Å². The Morgan fingerprint density at radius 1 is 1.32 bits per heavy atom. The van der Waals surface area contributed by atoms with Crippen LogP contribution in [0.15, 0.2) is 46.0 Å². The molecule has 1 aromatic carbocycles. The molecular formula is C15H19FIN3O2. The molecule has 0 aliphatic rings. The molecule has 0 aliphatic heterocycles. The van der Waals surface area contributed by atoms with Gasteiger partial charge in [-0.15, -0.1) is 24.0 Å². The van der Waals surface area contributed by atoms with E-state index in [0.29, 0.717) is 19.0 Å². The number of aromatic hydroxyl groups is 1. The molecule has 0 saturated carbocycles. The second-order valence-corrected chi connectivity index (χ2v) is 4.47. The van der Waals surface area contributed by atoms with E-state index in [1.165, 1.54) is 12.1 Å². The van der Waals surface area contributed by atoms with E-state index >= 15 is 0 Å². The molecule has 0 fully saturated rings. The van der Waals surface area contributed by atoms with Gasteiger partial charge in [0, 0.05) is 26.6 Å². The van der Waals surface area contributed by atoms with Crippen molar-refractivity contribution in [3.63, 3.8) is 0 Å². The molecule has 0 radical (unpaired) electrons. The Morgan fingerprint density at radius 2 is 2.14 bits per heavy atom. The van der Waals surface area contributed by atoms with Gasteiger partial charge in [0.2, 0.25) is 0 Å². The number of phenols is 1. The van der Waals surface area contributed by atoms with Crippen molar-refractivity contribution in [2.45, 2.75) is 13.0 Å². The maximum absolute atomic E-state index is 13.2. The van der Waals surface area contributed by atoms with Gasteiger partial charge in [-0.2, -0.15) is 0 Å². The van der Waals surface area contributed by atoms with E-state index in [2.05, 4.69) is 15.6 Å². The molecule has 0 bridgehead atoms. The summed E-state index contributed by atoms with van der Waals surface area (Å²) in [4.78, 5) is 4.08. The number of guanidine groups is 1. The zero-order valence-corrected chi connectivity index (χ0v) is 14.5. The van der Waals surface area contributed by atoms with Crippen LogP contribution in [-0.2, 0) is 13.0 Å². The van der Waals surface area contributed by atoms with Crippen molar-refractivity contribution in [1.82, 2.24) is 10.6 Å². The number of furan rings is 1. The highest BCUT2D eigenvalue weighted by molar-refractivity contribution is 14.0. The highest BCUT2D eigenvalue weighted by Gasteiger charge is 2.03. The molecule has 5 nitrogen and oxygen atoms in total. The maximum atomic E-state index is 13.2. The van der Waals surface area contributed by atoms with Crippen molar-refractivity contribution in [3.8, 4) is 5.75 Å². The van der Waals surface area contributed by atoms with Crippen LogP contribution in [0.4, 0.5) is 4.39 Å². The number of benzene rings is 1. The molecule has 22 heavy (non-hydrogen) atoms. The van der Waals surface area contributed by atoms with E-state index in [4.69, 9.17) is 9.52 Å². The third-order valence-electron chi connectivity index (χ3n) is 2.94. The summed E-state index contributed by atoms with van der Waals surface area (Å²) in [5.74, 6) is 0.545. The molecule has 1 aromatic heterocycles. The summed E-state index contributed by atoms with van der Waals surface area (Å²) in [5, 5.41) is 15.3. The first-order valence-electron chi connectivity index (χ1n) is 6.63. The van der Waals surface area contributed by atoms with Gasteiger partial charge in [-0.05, 0) is 29.8 Å². The lowest BCUT2D eigenvalue weighted by Gasteiger charge is -2.11. The molecule has 7 heteroatoms. The Kier molecular flexibility index (Phi) is 7.72. The van der Waals surface area contributed by atoms with Crippen LogP contribution in [0.2, 0.25) is 0 Å². The number of phenolic OH excluding ortho intramolecular Hbond substituents is 1. The minimum atomic E-state index is -0.630. The highest BCUT2D eigenvalue weighted by atomic mass is 127. The Morgan fingerprint density at radius 3 is 2.77 bits per heavy atom. The predicted molar refractivity (Wildman–Crippen MR) is 94.1 cm³/mol. The summed E-state index contributed by atoms with van der Waals surface area (Å²) in [6, 6.07) is 8.04. The highest BCUT2D eigenvalue weighted by Crippen LogP contribution is 2.15. The van der Waals surface area contributed by atoms with Crippen LogP contribution < -0.4 is 10.6 Å². The molecule has 2 aromatic rings. The molecule has 0 saturated heterocycles. The number of halogens is 2. The normalized spacial score (nSPS) is 10.9. The lowest BCUT2D eigenvalue weighted by Crippen LogP contribution is -2.37. The molecule has 2 rings (SSSR count). The van der Waals surface area contributed by atoms with Crippen LogP contribution in [0.5, 0.6) is 5.75 Å². The molecule has 0 spiro atoms. The Hall–Kier alpha value is -1.77. The van der Waals surface area contributed by atoms with E-state index in [1.807, 2.05) is 12.1 Å². The third-order valence-corrected chi connectivity index (χ3v) is 2.94. The average Bonchev–Trinajstić information content (AvgIpc) is 2.99. The first-order valence-corrected chi connectivity index (χ1v) is 6.63. The van der Waals surface area contributed by atoms with Crippen LogP contribution in [0.1, 0.15) is 11.3 Å². The minimum absolute atomic E-state index is 0. The molecule has 120 valence electrons. The topological polar surface area (TPSA) is 69.8 Å². The number of nitrogens with one attached hydrogen (secondary N) is 2. The number of nitrogens with zero attached hydrogens (tertiary/aromatic N) is 1. The van der Waals surface area contributed by atoms with Crippen LogP contribution >= 0.6 is 24.0 Å². The zero-order valence-electron chi connectivity index (χ0n) is 12.2. The Labute approximate surface area is 145 Å². The second-order valence-electron chi connectivity index (χ2n) is 4.47. The van der Waals surface area contributed by atoms with Crippen molar-refractivity contribution < 1.29 is 13.9 Å². The van der Waals surface area contributed by atoms with Gasteiger partial charge in [0.15, 0.2) is 17.5 Å². The monoisotopic (exact) mass is 419 g/mol. The fourth-order valence-corrected chi connectivity index (χ4v) is 1.83. The standard InChI is InChI=1S/C15H18FN3O2.HI/c1-17-15(18-7-6-12-3-2-8-21-12)19-10-11-4-5-14(20)13(16)9-11;/h2-5,8-9,20H,6-7,10H2,1H3,(H2,17,18,19);1H. The van der Waals surface area contributed by atoms with Gasteiger partial charge in [0.1, 0.15) is 5.76 Å². The molecular weight excluding hydrogens is 400 g/mol. The third kappa shape index (κ3) is 5.55. The first-order chi connectivity index (χ1) is 10.2. The molecule has 0 atom stereocenters. The fourth-order valence-electron chi connectivity index (χ4n) is 1.83. The largest absolute Gasteiger partial charge is 0.505 e. The van der Waals surface area contributed by atoms with Gasteiger partial charge in [-0.3, -0.25) is 4.99 Å². The van der Waals surface area contributed by atoms with Crippen LogP contribution in [0.25, 0.3) is 0 Å². The van der Waals surface area contributed by atoms with E-state index in [9.17, 15) is 4.39 Å². The van der Waals surface area contributed by atoms with Crippen LogP contribution in [-0.4, -0.2) is 24.7 Å². The predicted octanol–water partition coefficient (Wildman–Crippen LogP) is 2.65. The fraction of sp³-hybridized carbons (Fsp3) is 0.267. The van der Waals surface area contributed by atoms with E-state index < -0.39 is 5.82 Å². The van der Waals surface area contributed by atoms with Crippen molar-refractivity contribution in [3.05, 3.63) is 53.7 Å². The summed E-state index contributed by atoms with van der Waals surface area (Å²) in [5.41, 5.74) is 0.722. The summed E-state index contributed by atoms with van der Waals surface area (Å²) >= 11 is 0. The van der Waals surface area contributed by atoms with Gasteiger partial charge in [-0.1, -0.05) is 6.07 Å². The molecule has 0 amide bonds. The zero-order chi connectivity index (χ0) is 15.1. The van der Waals surface area contributed by atoms with Crippen molar-refractivity contribution in [1.29, 1.82) is 0 Å². The number of aliphatic imine (C=N–C) groups is 1. The summed E-state index contributed by atoms with van der Waals surface area (Å²) in [7, 11) is 1.67. The van der Waals surface area contributed by atoms with E-state index in [-0.39, 0.29) is 29.7 Å². The van der Waals surface area contributed by atoms with Crippen molar-refractivity contribution in [2.24, 2.45) is 4.99 Å². The minimum Gasteiger partial charge on any atom is -0.505 e. The average molecular weight is 419 g/mol. The Balaban J connectivity index is 0.00000242. The number of hydrogen-bond acceptors (Lipinski definition) is 3. The lowest BCUT2D eigenvalue weighted by atomic mass is 10.2. The van der Waals surface area contributed by atoms with Gasteiger partial charge in [0.25, 0.3) is 0 Å². The van der Waals surface area contributed by atoms with E-state index in [0.717, 1.165) is 17.7 Å². The van der Waals surface area contributed by atoms with Crippen LogP contribution in [0.3, 0.4) is 0 Å². The lowest BCUT2D eigenvalue weighted by molar-refractivity contribution is 0.431. The molecule has 1 heterocycles. The maximum Gasteiger partial charge on any atom is 0.191 e. The SMILES string of the molecule is CN=C(NCCc1ccco1)NCc1ccc(O)c(F)c1.I. The van der Waals surface area contributed by atoms with Gasteiger partial charge >= 0.3 is 0 Å². The second kappa shape index (κ2) is 9.29. The summed E-state index contributed by atoms with van der Waals surface area (Å²) in [6.07, 6.45) is 2.39. The Bertz CT molecular complexity index is 603. The molecule has 3 N–H and O–H groups in total. The molecule has 0 unspecified atom stereocenters. The van der Waals surface area contributed by atoms with E-state index in [1.54, 1.807) is 19.4 Å². The first kappa shape index (κ1) is 18.3. The molecule has 0 aliphatic carbocycles. The van der Waals surface area contributed by atoms with Gasteiger partial charge in [-0.25, -0.2) is 4.39 Å². The van der Waals surface area contributed by atoms with Crippen molar-refractivity contribution >= 4 is 29.9 Å². The number of hydrogen-bond donors (Lipinski definition) is 3. The number of rotatable bonds is 5. The summed E-state index contributed by atoms with van der Waals surface area (Å²) < 4.78 is 18.4. The smallest absolute Gasteiger partial charge is 0.191 e.